The van der Waals surface area contributed by atoms with E-state index in [-0.39, 0.29) is 12.6 Å². The molecule has 2 rings (SSSR count). The maximum atomic E-state index is 12.2. The minimum absolute atomic E-state index is 0.108. The zero-order valence-electron chi connectivity index (χ0n) is 18.2. The summed E-state index contributed by atoms with van der Waals surface area (Å²) >= 11 is 0. The van der Waals surface area contributed by atoms with Crippen molar-refractivity contribution in [2.75, 3.05) is 12.4 Å². The van der Waals surface area contributed by atoms with E-state index in [0.29, 0.717) is 24.9 Å². The maximum absolute atomic E-state index is 12.2. The van der Waals surface area contributed by atoms with Crippen molar-refractivity contribution in [2.45, 2.75) is 83.5 Å². The van der Waals surface area contributed by atoms with Gasteiger partial charge in [-0.3, -0.25) is 4.79 Å². The Labute approximate surface area is 184 Å². The highest BCUT2D eigenvalue weighted by molar-refractivity contribution is 8.77. The molecule has 0 radical (unpaired) electrons. The summed E-state index contributed by atoms with van der Waals surface area (Å²) in [6.07, 6.45) is 10.4. The van der Waals surface area contributed by atoms with Crippen LogP contribution in [0.15, 0.2) is 12.1 Å². The van der Waals surface area contributed by atoms with Crippen LogP contribution in [-0.2, 0) is 16.1 Å². The molecule has 3 nitrogen and oxygen atoms in total. The molecule has 29 heavy (non-hydrogen) atoms. The van der Waals surface area contributed by atoms with Gasteiger partial charge in [0.25, 0.3) is 0 Å². The molecule has 1 unspecified atom stereocenters. The summed E-state index contributed by atoms with van der Waals surface area (Å²) in [4.78, 5) is 12.2. The molecule has 0 bridgehead atoms. The van der Waals surface area contributed by atoms with Gasteiger partial charge in [0.15, 0.2) is 0 Å². The molecule has 5 heteroatoms. The van der Waals surface area contributed by atoms with Crippen molar-refractivity contribution >= 4 is 27.6 Å². The van der Waals surface area contributed by atoms with E-state index >= 15 is 0 Å². The Morgan fingerprint density at radius 2 is 1.90 bits per heavy atom. The van der Waals surface area contributed by atoms with E-state index in [0.717, 1.165) is 40.5 Å². The van der Waals surface area contributed by atoms with Gasteiger partial charge in [-0.2, -0.15) is 0 Å². The second kappa shape index (κ2) is 12.4. The first-order valence-electron chi connectivity index (χ1n) is 10.6. The summed E-state index contributed by atoms with van der Waals surface area (Å²) in [7, 11) is 3.97. The molecule has 1 fully saturated rings. The Hall–Kier alpha value is -1.25. The zero-order chi connectivity index (χ0) is 21.2. The Morgan fingerprint density at radius 1 is 1.21 bits per heavy atom. The molecule has 1 aliphatic rings. The molecule has 1 aromatic carbocycles. The summed E-state index contributed by atoms with van der Waals surface area (Å²) < 4.78 is 11.5. The van der Waals surface area contributed by atoms with Gasteiger partial charge < -0.3 is 9.47 Å². The Kier molecular flexibility index (Phi) is 10.3. The van der Waals surface area contributed by atoms with E-state index in [1.807, 2.05) is 21.6 Å². The van der Waals surface area contributed by atoms with Crippen LogP contribution < -0.4 is 4.74 Å². The van der Waals surface area contributed by atoms with Crippen LogP contribution in [0.25, 0.3) is 0 Å². The smallest absolute Gasteiger partial charge is 0.306 e. The predicted octanol–water partition coefficient (Wildman–Crippen LogP) is 6.70. The lowest BCUT2D eigenvalue weighted by molar-refractivity contribution is -0.145. The highest BCUT2D eigenvalue weighted by Crippen LogP contribution is 2.40. The average Bonchev–Trinajstić information content (AvgIpc) is 3.21. The molecule has 1 aliphatic heterocycles. The van der Waals surface area contributed by atoms with Crippen molar-refractivity contribution in [3.05, 3.63) is 28.8 Å². The first kappa shape index (κ1) is 24.0. The second-order valence-corrected chi connectivity index (χ2v) is 10.9. The molecular weight excluding hydrogens is 400 g/mol. The quantitative estimate of drug-likeness (QED) is 0.167. The fraction of sp³-hybridized carbons (Fsp3) is 0.625. The van der Waals surface area contributed by atoms with E-state index in [1.165, 1.54) is 18.6 Å². The van der Waals surface area contributed by atoms with Crippen LogP contribution in [0.1, 0.15) is 88.3 Å². The molecule has 1 aromatic rings. The van der Waals surface area contributed by atoms with Crippen LogP contribution in [0.3, 0.4) is 0 Å². The molecular formula is C24H34O3S2. The number of rotatable bonds is 11. The van der Waals surface area contributed by atoms with Gasteiger partial charge in [-0.05, 0) is 59.9 Å². The number of ether oxygens (including phenoxy) is 2. The van der Waals surface area contributed by atoms with Crippen molar-refractivity contribution < 1.29 is 14.3 Å². The Morgan fingerprint density at radius 3 is 2.45 bits per heavy atom. The van der Waals surface area contributed by atoms with Gasteiger partial charge in [0.1, 0.15) is 19.0 Å². The molecule has 1 heterocycles. The normalized spacial score (nSPS) is 16.2. The number of terminal acetylenes is 1. The number of carbonyl (C=O) groups excluding carboxylic acids is 1. The summed E-state index contributed by atoms with van der Waals surface area (Å²) in [5.41, 5.74) is 3.24. The Balaban J connectivity index is 1.93. The van der Waals surface area contributed by atoms with Crippen molar-refractivity contribution in [1.29, 1.82) is 0 Å². The van der Waals surface area contributed by atoms with Crippen LogP contribution in [0.4, 0.5) is 0 Å². The standard InChI is InChI=1S/C24H34O3S2/c1-6-12-26-24-21(17(2)3)14-19(15-22(24)18(4)5)16-27-23(25)10-8-7-9-20-11-13-28-29-20/h1,14-15,17-18,20H,7-13,16H2,2-5H3. The summed E-state index contributed by atoms with van der Waals surface area (Å²) in [5, 5.41) is 0.773. The second-order valence-electron chi connectivity index (χ2n) is 8.14. The van der Waals surface area contributed by atoms with Crippen LogP contribution in [-0.4, -0.2) is 23.6 Å². The highest BCUT2D eigenvalue weighted by atomic mass is 33.1. The van der Waals surface area contributed by atoms with Crippen LogP contribution in [0.2, 0.25) is 0 Å². The van der Waals surface area contributed by atoms with Crippen molar-refractivity contribution in [2.24, 2.45) is 0 Å². The van der Waals surface area contributed by atoms with Gasteiger partial charge in [-0.1, -0.05) is 61.6 Å². The third-order valence-electron chi connectivity index (χ3n) is 5.03. The average molecular weight is 435 g/mol. The number of hydrogen-bond donors (Lipinski definition) is 0. The van der Waals surface area contributed by atoms with Gasteiger partial charge in [-0.25, -0.2) is 0 Å². The Bertz CT molecular complexity index is 672. The first-order valence-corrected chi connectivity index (χ1v) is 13.0. The van der Waals surface area contributed by atoms with Crippen LogP contribution in [0.5, 0.6) is 5.75 Å². The van der Waals surface area contributed by atoms with Crippen LogP contribution in [0, 0.1) is 12.3 Å². The van der Waals surface area contributed by atoms with Gasteiger partial charge in [-0.15, -0.1) is 6.42 Å². The lowest BCUT2D eigenvalue weighted by Gasteiger charge is -2.21. The summed E-state index contributed by atoms with van der Waals surface area (Å²) in [6.45, 7) is 9.12. The molecule has 0 saturated carbocycles. The summed E-state index contributed by atoms with van der Waals surface area (Å²) in [6, 6.07) is 4.18. The summed E-state index contributed by atoms with van der Waals surface area (Å²) in [5.74, 6) is 5.18. The molecule has 0 aliphatic carbocycles. The van der Waals surface area contributed by atoms with Gasteiger partial charge >= 0.3 is 5.97 Å². The fourth-order valence-electron chi connectivity index (χ4n) is 3.40. The molecule has 1 atom stereocenters. The highest BCUT2D eigenvalue weighted by Gasteiger charge is 2.18. The lowest BCUT2D eigenvalue weighted by atomic mass is 9.91. The van der Waals surface area contributed by atoms with Gasteiger partial charge in [0, 0.05) is 17.4 Å². The topological polar surface area (TPSA) is 35.5 Å². The van der Waals surface area contributed by atoms with Crippen molar-refractivity contribution in [3.8, 4) is 18.1 Å². The number of carbonyl (C=O) groups is 1. The minimum atomic E-state index is -0.108. The molecule has 0 N–H and O–H groups in total. The number of unbranched alkanes of at least 4 members (excludes halogenated alkanes) is 1. The molecule has 0 amide bonds. The van der Waals surface area contributed by atoms with E-state index in [2.05, 4.69) is 45.7 Å². The zero-order valence-corrected chi connectivity index (χ0v) is 19.8. The third kappa shape index (κ3) is 7.83. The first-order chi connectivity index (χ1) is 13.9. The van der Waals surface area contributed by atoms with Gasteiger partial charge in [0.2, 0.25) is 0 Å². The van der Waals surface area contributed by atoms with E-state index < -0.39 is 0 Å². The van der Waals surface area contributed by atoms with Crippen molar-refractivity contribution in [3.63, 3.8) is 0 Å². The largest absolute Gasteiger partial charge is 0.480 e. The molecule has 0 aromatic heterocycles. The molecule has 0 spiro atoms. The van der Waals surface area contributed by atoms with Gasteiger partial charge in [0.05, 0.1) is 0 Å². The number of hydrogen-bond acceptors (Lipinski definition) is 5. The van der Waals surface area contributed by atoms with E-state index in [9.17, 15) is 4.79 Å². The lowest BCUT2D eigenvalue weighted by Crippen LogP contribution is -2.09. The van der Waals surface area contributed by atoms with Crippen molar-refractivity contribution in [1.82, 2.24) is 0 Å². The monoisotopic (exact) mass is 434 g/mol. The minimum Gasteiger partial charge on any atom is -0.480 e. The van der Waals surface area contributed by atoms with Crippen LogP contribution >= 0.6 is 21.6 Å². The SMILES string of the molecule is C#CCOc1c(C(C)C)cc(COC(=O)CCCCC2CCSS2)cc1C(C)C. The van der Waals surface area contributed by atoms with E-state index in [1.54, 1.807) is 0 Å². The molecule has 1 saturated heterocycles. The molecule has 160 valence electrons. The maximum Gasteiger partial charge on any atom is 0.306 e. The predicted molar refractivity (Wildman–Crippen MR) is 126 cm³/mol. The number of benzene rings is 1. The van der Waals surface area contributed by atoms with E-state index in [4.69, 9.17) is 15.9 Å². The number of esters is 1. The third-order valence-corrected chi connectivity index (χ3v) is 8.04. The fourth-order valence-corrected chi connectivity index (χ4v) is 6.43.